The van der Waals surface area contributed by atoms with Gasteiger partial charge >= 0.3 is 6.03 Å². The zero-order valence-electron chi connectivity index (χ0n) is 12.5. The summed E-state index contributed by atoms with van der Waals surface area (Å²) >= 11 is 3.45. The molecule has 2 amide bonds. The molecule has 2 aromatic rings. The van der Waals surface area contributed by atoms with Gasteiger partial charge in [0.25, 0.3) is 0 Å². The van der Waals surface area contributed by atoms with Crippen LogP contribution < -0.4 is 5.32 Å². The molecular formula is C16H19N3OS2. The van der Waals surface area contributed by atoms with Gasteiger partial charge < -0.3 is 10.2 Å². The Balaban J connectivity index is 1.64. The van der Waals surface area contributed by atoms with E-state index < -0.39 is 0 Å². The molecule has 1 fully saturated rings. The van der Waals surface area contributed by atoms with Crippen LogP contribution in [0.15, 0.2) is 35.8 Å². The Morgan fingerprint density at radius 1 is 1.55 bits per heavy atom. The summed E-state index contributed by atoms with van der Waals surface area (Å²) in [4.78, 5) is 18.6. The molecule has 1 atom stereocenters. The maximum absolute atomic E-state index is 12.4. The van der Waals surface area contributed by atoms with Crippen molar-refractivity contribution in [3.8, 4) is 10.6 Å². The normalized spacial score (nSPS) is 17.7. The van der Waals surface area contributed by atoms with Crippen molar-refractivity contribution in [2.24, 2.45) is 5.92 Å². The van der Waals surface area contributed by atoms with Crippen LogP contribution in [0.2, 0.25) is 0 Å². The van der Waals surface area contributed by atoms with E-state index in [4.69, 9.17) is 0 Å². The molecule has 22 heavy (non-hydrogen) atoms. The lowest BCUT2D eigenvalue weighted by Gasteiger charge is -2.17. The minimum Gasteiger partial charge on any atom is -0.324 e. The number of carbonyl (C=O) groups is 1. The lowest BCUT2D eigenvalue weighted by molar-refractivity contribution is 0.221. The molecule has 1 aromatic carbocycles. The number of hydrogen-bond acceptors (Lipinski definition) is 4. The molecule has 1 saturated heterocycles. The Bertz CT molecular complexity index is 630. The van der Waals surface area contributed by atoms with E-state index in [0.29, 0.717) is 5.92 Å². The van der Waals surface area contributed by atoms with Crippen LogP contribution in [0.25, 0.3) is 10.6 Å². The van der Waals surface area contributed by atoms with E-state index in [2.05, 4.69) is 16.6 Å². The maximum atomic E-state index is 12.4. The van der Waals surface area contributed by atoms with Crippen molar-refractivity contribution in [2.45, 2.75) is 6.42 Å². The topological polar surface area (TPSA) is 45.2 Å². The molecule has 0 saturated carbocycles. The van der Waals surface area contributed by atoms with E-state index in [1.807, 2.05) is 46.3 Å². The van der Waals surface area contributed by atoms with Gasteiger partial charge in [-0.15, -0.1) is 11.3 Å². The highest BCUT2D eigenvalue weighted by Gasteiger charge is 2.25. The highest BCUT2D eigenvalue weighted by atomic mass is 32.2. The summed E-state index contributed by atoms with van der Waals surface area (Å²) in [6, 6.07) is 7.86. The first-order valence-electron chi connectivity index (χ1n) is 7.31. The first-order chi connectivity index (χ1) is 10.8. The van der Waals surface area contributed by atoms with Gasteiger partial charge in [0.05, 0.1) is 0 Å². The third kappa shape index (κ3) is 3.62. The summed E-state index contributed by atoms with van der Waals surface area (Å²) in [7, 11) is 0. The van der Waals surface area contributed by atoms with Crippen LogP contribution in [0.1, 0.15) is 6.42 Å². The second-order valence-electron chi connectivity index (χ2n) is 5.40. The molecule has 6 heteroatoms. The van der Waals surface area contributed by atoms with E-state index in [0.717, 1.165) is 41.5 Å². The lowest BCUT2D eigenvalue weighted by Crippen LogP contribution is -2.33. The number of aromatic nitrogens is 1. The number of nitrogens with one attached hydrogen (secondary N) is 1. The van der Waals surface area contributed by atoms with Crippen LogP contribution in [0.5, 0.6) is 0 Å². The number of thioether (sulfide) groups is 1. The van der Waals surface area contributed by atoms with E-state index in [9.17, 15) is 4.79 Å². The number of benzene rings is 1. The number of thiazole rings is 1. The predicted octanol–water partition coefficient (Wildman–Crippen LogP) is 4.03. The van der Waals surface area contributed by atoms with Crippen molar-refractivity contribution in [1.29, 1.82) is 0 Å². The molecule has 1 N–H and O–H groups in total. The lowest BCUT2D eigenvalue weighted by atomic mass is 10.2. The quantitative estimate of drug-likeness (QED) is 0.919. The second-order valence-corrected chi connectivity index (χ2v) is 7.21. The summed E-state index contributed by atoms with van der Waals surface area (Å²) in [5, 5.41) is 5.93. The largest absolute Gasteiger partial charge is 0.324 e. The van der Waals surface area contributed by atoms with E-state index in [1.165, 1.54) is 0 Å². The number of hydrogen-bond donors (Lipinski definition) is 1. The standard InChI is InChI=1S/C16H19N3OS2/c1-21-11-12-5-7-19(10-12)16(20)18-14-4-2-3-13(9-14)15-17-6-8-22-15/h2-4,6,8-9,12H,5,7,10-11H2,1H3,(H,18,20). The van der Waals surface area contributed by atoms with Gasteiger partial charge in [-0.3, -0.25) is 0 Å². The van der Waals surface area contributed by atoms with Gasteiger partial charge in [0.1, 0.15) is 5.01 Å². The fraction of sp³-hybridized carbons (Fsp3) is 0.375. The average Bonchev–Trinajstić information content (AvgIpc) is 3.19. The van der Waals surface area contributed by atoms with Gasteiger partial charge in [0, 0.05) is 35.9 Å². The minimum atomic E-state index is -0.000100. The molecule has 0 spiro atoms. The minimum absolute atomic E-state index is 0.000100. The third-order valence-electron chi connectivity index (χ3n) is 3.77. The fourth-order valence-corrected chi connectivity index (χ4v) is 4.07. The van der Waals surface area contributed by atoms with Gasteiger partial charge in [0.15, 0.2) is 0 Å². The maximum Gasteiger partial charge on any atom is 0.321 e. The Kier molecular flexibility index (Phi) is 5.00. The fourth-order valence-electron chi connectivity index (χ4n) is 2.69. The van der Waals surface area contributed by atoms with Crippen LogP contribution in [0, 0.1) is 5.92 Å². The van der Waals surface area contributed by atoms with Crippen LogP contribution in [0.4, 0.5) is 10.5 Å². The van der Waals surface area contributed by atoms with E-state index in [-0.39, 0.29) is 6.03 Å². The number of urea groups is 1. The molecule has 1 aliphatic rings. The van der Waals surface area contributed by atoms with Gasteiger partial charge in [-0.1, -0.05) is 12.1 Å². The number of amides is 2. The highest BCUT2D eigenvalue weighted by molar-refractivity contribution is 7.98. The number of nitrogens with zero attached hydrogens (tertiary/aromatic N) is 2. The van der Waals surface area contributed by atoms with Gasteiger partial charge in [-0.2, -0.15) is 11.8 Å². The first-order valence-corrected chi connectivity index (χ1v) is 9.58. The van der Waals surface area contributed by atoms with Gasteiger partial charge in [0.2, 0.25) is 0 Å². The predicted molar refractivity (Wildman–Crippen MR) is 94.6 cm³/mol. The number of anilines is 1. The highest BCUT2D eigenvalue weighted by Crippen LogP contribution is 2.25. The summed E-state index contributed by atoms with van der Waals surface area (Å²) in [6.45, 7) is 1.71. The molecular weight excluding hydrogens is 314 g/mol. The molecule has 0 aliphatic carbocycles. The number of carbonyl (C=O) groups excluding carboxylic acids is 1. The van der Waals surface area contributed by atoms with Crippen molar-refractivity contribution < 1.29 is 4.79 Å². The smallest absolute Gasteiger partial charge is 0.321 e. The molecule has 2 heterocycles. The molecule has 116 valence electrons. The zero-order valence-corrected chi connectivity index (χ0v) is 14.1. The first kappa shape index (κ1) is 15.4. The summed E-state index contributed by atoms with van der Waals surface area (Å²) in [5.41, 5.74) is 1.86. The summed E-state index contributed by atoms with van der Waals surface area (Å²) in [5.74, 6) is 1.76. The Morgan fingerprint density at radius 2 is 2.45 bits per heavy atom. The second kappa shape index (κ2) is 7.15. The Morgan fingerprint density at radius 3 is 3.23 bits per heavy atom. The van der Waals surface area contributed by atoms with Crippen LogP contribution >= 0.6 is 23.1 Å². The molecule has 1 aromatic heterocycles. The molecule has 4 nitrogen and oxygen atoms in total. The van der Waals surface area contributed by atoms with E-state index >= 15 is 0 Å². The zero-order chi connectivity index (χ0) is 15.4. The summed E-state index contributed by atoms with van der Waals surface area (Å²) < 4.78 is 0. The number of likely N-dealkylation sites (tertiary alicyclic amines) is 1. The molecule has 0 radical (unpaired) electrons. The molecule has 0 bridgehead atoms. The van der Waals surface area contributed by atoms with Crippen molar-refractivity contribution >= 4 is 34.8 Å². The number of rotatable bonds is 4. The monoisotopic (exact) mass is 333 g/mol. The summed E-state index contributed by atoms with van der Waals surface area (Å²) in [6.07, 6.45) is 5.02. The Hall–Kier alpha value is -1.53. The Labute approximate surface area is 138 Å². The third-order valence-corrected chi connectivity index (χ3v) is 5.40. The van der Waals surface area contributed by atoms with Crippen molar-refractivity contribution in [3.05, 3.63) is 35.8 Å². The van der Waals surface area contributed by atoms with Crippen LogP contribution in [-0.2, 0) is 0 Å². The van der Waals surface area contributed by atoms with Crippen molar-refractivity contribution in [3.63, 3.8) is 0 Å². The SMILES string of the molecule is CSCC1CCN(C(=O)Nc2cccc(-c3nccs3)c2)C1. The molecule has 3 rings (SSSR count). The van der Waals surface area contributed by atoms with Crippen LogP contribution in [0.3, 0.4) is 0 Å². The van der Waals surface area contributed by atoms with Gasteiger partial charge in [-0.25, -0.2) is 9.78 Å². The van der Waals surface area contributed by atoms with E-state index in [1.54, 1.807) is 17.5 Å². The van der Waals surface area contributed by atoms with Crippen LogP contribution in [-0.4, -0.2) is 41.0 Å². The van der Waals surface area contributed by atoms with Gasteiger partial charge in [-0.05, 0) is 36.5 Å². The van der Waals surface area contributed by atoms with Crippen molar-refractivity contribution in [1.82, 2.24) is 9.88 Å². The molecule has 1 aliphatic heterocycles. The molecule has 1 unspecified atom stereocenters. The van der Waals surface area contributed by atoms with Crippen molar-refractivity contribution in [2.75, 3.05) is 30.4 Å². The average molecular weight is 333 g/mol.